The lowest BCUT2D eigenvalue weighted by molar-refractivity contribution is -0.137. The third-order valence-electron chi connectivity index (χ3n) is 5.35. The van der Waals surface area contributed by atoms with Crippen molar-refractivity contribution in [2.45, 2.75) is 36.4 Å². The summed E-state index contributed by atoms with van der Waals surface area (Å²) >= 11 is 0. The average molecular weight is 466 g/mol. The molecule has 0 radical (unpaired) electrons. The Bertz CT molecular complexity index is 1190. The number of nitrogens with zero attached hydrogens (tertiary/aromatic N) is 2. The minimum atomic E-state index is -4.63. The molecule has 1 aliphatic heterocycles. The molecular weight excluding hydrogens is 445 g/mol. The number of hydrogen-bond acceptors (Lipinski definition) is 5. The number of rotatable bonds is 5. The fraction of sp³-hybridized carbons (Fsp3) is 0.333. The Morgan fingerprint density at radius 1 is 1.19 bits per heavy atom. The molecule has 0 saturated heterocycles. The fourth-order valence-corrected chi connectivity index (χ4v) is 4.82. The van der Waals surface area contributed by atoms with Crippen LogP contribution < -0.4 is 11.1 Å². The maximum atomic E-state index is 13.0. The number of sulfonamides is 1. The number of carbonyl (C=O) groups excluding carboxylic acids is 1. The van der Waals surface area contributed by atoms with Crippen molar-refractivity contribution in [1.29, 1.82) is 0 Å². The molecular formula is C21H21F3N4O3S. The molecule has 4 rings (SSSR count). The molecule has 2 heterocycles. The monoisotopic (exact) mass is 466 g/mol. The van der Waals surface area contributed by atoms with Gasteiger partial charge in [-0.05, 0) is 55.2 Å². The Labute approximate surface area is 183 Å². The number of hydrogen-bond donors (Lipinski definition) is 2. The Morgan fingerprint density at radius 3 is 2.56 bits per heavy atom. The third kappa shape index (κ3) is 4.63. The molecule has 3 N–H and O–H groups in total. The molecule has 0 unspecified atom stereocenters. The molecule has 32 heavy (non-hydrogen) atoms. The van der Waals surface area contributed by atoms with Crippen molar-refractivity contribution in [3.63, 3.8) is 0 Å². The standard InChI is InChI=1S/C21H21F3N4O3S/c22-21(23,24)14-2-1-3-16(12-14)32(30,31)28-10-8-13(9-11-28)18-7-6-17(25)19(27-18)20(29)26-15-4-5-15/h1-3,6-8,12,15H,4-5,9-11,25H2,(H,26,29). The maximum Gasteiger partial charge on any atom is 0.416 e. The van der Waals surface area contributed by atoms with Gasteiger partial charge in [-0.2, -0.15) is 17.5 Å². The lowest BCUT2D eigenvalue weighted by Gasteiger charge is -2.26. The zero-order valence-electron chi connectivity index (χ0n) is 16.9. The van der Waals surface area contributed by atoms with Crippen LogP contribution in [0, 0.1) is 0 Å². The molecule has 1 saturated carbocycles. The predicted molar refractivity (Wildman–Crippen MR) is 112 cm³/mol. The van der Waals surface area contributed by atoms with Gasteiger partial charge in [0.1, 0.15) is 0 Å². The number of nitrogens with one attached hydrogen (secondary N) is 1. The van der Waals surface area contributed by atoms with Crippen LogP contribution in [-0.4, -0.2) is 42.7 Å². The van der Waals surface area contributed by atoms with Crippen molar-refractivity contribution in [1.82, 2.24) is 14.6 Å². The SMILES string of the molecule is Nc1ccc(C2=CCN(S(=O)(=O)c3cccc(C(F)(F)F)c3)CC2)nc1C(=O)NC1CC1. The molecule has 0 bridgehead atoms. The van der Waals surface area contributed by atoms with Crippen molar-refractivity contribution >= 4 is 27.2 Å². The number of alkyl halides is 3. The molecule has 1 aromatic heterocycles. The van der Waals surface area contributed by atoms with E-state index in [-0.39, 0.29) is 36.4 Å². The average Bonchev–Trinajstić information content (AvgIpc) is 3.57. The van der Waals surface area contributed by atoms with Crippen LogP contribution in [0.1, 0.15) is 41.0 Å². The summed E-state index contributed by atoms with van der Waals surface area (Å²) in [5, 5.41) is 2.83. The van der Waals surface area contributed by atoms with Crippen LogP contribution in [0.25, 0.3) is 5.57 Å². The summed E-state index contributed by atoms with van der Waals surface area (Å²) in [4.78, 5) is 16.3. The summed E-state index contributed by atoms with van der Waals surface area (Å²) in [7, 11) is -4.10. The van der Waals surface area contributed by atoms with Crippen molar-refractivity contribution < 1.29 is 26.4 Å². The summed E-state index contributed by atoms with van der Waals surface area (Å²) in [6.07, 6.45) is -0.848. The number of benzene rings is 1. The van der Waals surface area contributed by atoms with E-state index >= 15 is 0 Å². The van der Waals surface area contributed by atoms with Gasteiger partial charge >= 0.3 is 6.18 Å². The van der Waals surface area contributed by atoms with Gasteiger partial charge in [0.15, 0.2) is 5.69 Å². The van der Waals surface area contributed by atoms with Crippen LogP contribution in [0.5, 0.6) is 0 Å². The number of nitrogen functional groups attached to an aromatic ring is 1. The Kier molecular flexibility index (Phi) is 5.72. The van der Waals surface area contributed by atoms with E-state index in [1.54, 1.807) is 18.2 Å². The summed E-state index contributed by atoms with van der Waals surface area (Å²) in [5.74, 6) is -0.350. The van der Waals surface area contributed by atoms with Gasteiger partial charge in [0, 0.05) is 19.1 Å². The largest absolute Gasteiger partial charge is 0.416 e. The van der Waals surface area contributed by atoms with E-state index in [0.29, 0.717) is 18.2 Å². The van der Waals surface area contributed by atoms with E-state index in [1.807, 2.05) is 0 Å². The Hall–Kier alpha value is -2.92. The van der Waals surface area contributed by atoms with Gasteiger partial charge in [-0.25, -0.2) is 13.4 Å². The van der Waals surface area contributed by atoms with E-state index in [1.165, 1.54) is 0 Å². The molecule has 1 aromatic carbocycles. The maximum absolute atomic E-state index is 13.0. The van der Waals surface area contributed by atoms with Crippen molar-refractivity contribution in [3.05, 3.63) is 59.4 Å². The molecule has 0 atom stereocenters. The normalized spacial score (nSPS) is 17.7. The minimum Gasteiger partial charge on any atom is -0.397 e. The molecule has 2 aliphatic rings. The van der Waals surface area contributed by atoms with E-state index < -0.39 is 26.7 Å². The molecule has 11 heteroatoms. The second kappa shape index (κ2) is 8.21. The zero-order chi connectivity index (χ0) is 23.1. The Balaban J connectivity index is 1.53. The van der Waals surface area contributed by atoms with Crippen molar-refractivity contribution in [3.8, 4) is 0 Å². The number of anilines is 1. The van der Waals surface area contributed by atoms with Crippen LogP contribution in [0.4, 0.5) is 18.9 Å². The van der Waals surface area contributed by atoms with Crippen LogP contribution in [-0.2, 0) is 16.2 Å². The van der Waals surface area contributed by atoms with Crippen LogP contribution in [0.2, 0.25) is 0 Å². The Morgan fingerprint density at radius 2 is 1.94 bits per heavy atom. The topological polar surface area (TPSA) is 105 Å². The molecule has 0 spiro atoms. The zero-order valence-corrected chi connectivity index (χ0v) is 17.7. The molecule has 1 amide bonds. The molecule has 7 nitrogen and oxygen atoms in total. The predicted octanol–water partition coefficient (Wildman–Crippen LogP) is 3.05. The van der Waals surface area contributed by atoms with Crippen LogP contribution >= 0.6 is 0 Å². The lowest BCUT2D eigenvalue weighted by atomic mass is 10.0. The highest BCUT2D eigenvalue weighted by molar-refractivity contribution is 7.89. The first-order valence-electron chi connectivity index (χ1n) is 10.00. The highest BCUT2D eigenvalue weighted by atomic mass is 32.2. The van der Waals surface area contributed by atoms with Crippen molar-refractivity contribution in [2.24, 2.45) is 0 Å². The number of halogens is 3. The first-order chi connectivity index (χ1) is 15.1. The number of aromatic nitrogens is 1. The summed E-state index contributed by atoms with van der Waals surface area (Å²) in [6, 6.07) is 7.08. The van der Waals surface area contributed by atoms with Gasteiger partial charge in [0.2, 0.25) is 10.0 Å². The van der Waals surface area contributed by atoms with Gasteiger partial charge in [0.25, 0.3) is 5.91 Å². The summed E-state index contributed by atoms with van der Waals surface area (Å²) in [5.41, 5.74) is 6.49. The summed E-state index contributed by atoms with van der Waals surface area (Å²) in [6.45, 7) is 0.0453. The lowest BCUT2D eigenvalue weighted by Crippen LogP contribution is -2.35. The molecule has 2 aromatic rings. The van der Waals surface area contributed by atoms with Gasteiger partial charge in [-0.1, -0.05) is 12.1 Å². The first kappa shape index (κ1) is 22.3. The highest BCUT2D eigenvalue weighted by Crippen LogP contribution is 2.32. The van der Waals surface area contributed by atoms with Crippen LogP contribution in [0.3, 0.4) is 0 Å². The number of pyridine rings is 1. The number of amides is 1. The second-order valence-electron chi connectivity index (χ2n) is 7.75. The first-order valence-corrected chi connectivity index (χ1v) is 11.4. The smallest absolute Gasteiger partial charge is 0.397 e. The van der Waals surface area contributed by atoms with E-state index in [0.717, 1.165) is 40.9 Å². The number of nitrogens with two attached hydrogens (primary N) is 1. The van der Waals surface area contributed by atoms with E-state index in [9.17, 15) is 26.4 Å². The fourth-order valence-electron chi connectivity index (χ4n) is 3.40. The van der Waals surface area contributed by atoms with E-state index in [4.69, 9.17) is 5.73 Å². The van der Waals surface area contributed by atoms with Gasteiger partial charge in [-0.3, -0.25) is 4.79 Å². The van der Waals surface area contributed by atoms with Gasteiger partial charge in [0.05, 0.1) is 21.8 Å². The number of carbonyl (C=O) groups is 1. The minimum absolute atomic E-state index is 0.0242. The second-order valence-corrected chi connectivity index (χ2v) is 9.69. The quantitative estimate of drug-likeness (QED) is 0.705. The molecule has 1 fully saturated rings. The molecule has 170 valence electrons. The third-order valence-corrected chi connectivity index (χ3v) is 7.22. The van der Waals surface area contributed by atoms with Crippen LogP contribution in [0.15, 0.2) is 47.4 Å². The highest BCUT2D eigenvalue weighted by Gasteiger charge is 2.33. The van der Waals surface area contributed by atoms with Gasteiger partial charge in [-0.15, -0.1) is 0 Å². The van der Waals surface area contributed by atoms with Gasteiger partial charge < -0.3 is 11.1 Å². The van der Waals surface area contributed by atoms with Crippen molar-refractivity contribution in [2.75, 3.05) is 18.8 Å². The summed E-state index contributed by atoms with van der Waals surface area (Å²) < 4.78 is 65.7. The molecule has 1 aliphatic carbocycles. The van der Waals surface area contributed by atoms with E-state index in [2.05, 4.69) is 10.3 Å².